The van der Waals surface area contributed by atoms with Gasteiger partial charge in [-0.1, -0.05) is 38.0 Å². The summed E-state index contributed by atoms with van der Waals surface area (Å²) in [5, 5.41) is 10.1. The number of aliphatic hydroxyl groups excluding tert-OH is 1. The number of aliphatic hydroxyl groups is 1. The Morgan fingerprint density at radius 1 is 1.28 bits per heavy atom. The molecule has 18 heavy (non-hydrogen) atoms. The molecule has 1 aliphatic rings. The minimum atomic E-state index is -0.162. The smallest absolute Gasteiger partial charge is 0.122 e. The minimum absolute atomic E-state index is 0.114. The van der Waals surface area contributed by atoms with Gasteiger partial charge in [-0.2, -0.15) is 0 Å². The van der Waals surface area contributed by atoms with Crippen LogP contribution in [0.4, 0.5) is 0 Å². The van der Waals surface area contributed by atoms with E-state index in [2.05, 4.69) is 32.9 Å². The Kier molecular flexibility index (Phi) is 3.41. The summed E-state index contributed by atoms with van der Waals surface area (Å²) in [4.78, 5) is 0. The van der Waals surface area contributed by atoms with Gasteiger partial charge in [0.25, 0.3) is 0 Å². The highest BCUT2D eigenvalue weighted by molar-refractivity contribution is 5.44. The standard InChI is InChI=1S/C16H24O2/c1-12-6-7-14(18-4)13(10-12)16(11-17)9-5-8-15(16,2)3/h6-7,10,17H,5,8-9,11H2,1-4H3. The van der Waals surface area contributed by atoms with E-state index in [4.69, 9.17) is 4.74 Å². The fourth-order valence-electron chi connectivity index (χ4n) is 3.48. The van der Waals surface area contributed by atoms with Crippen LogP contribution in [0, 0.1) is 12.3 Å². The normalized spacial score (nSPS) is 26.3. The lowest BCUT2D eigenvalue weighted by Crippen LogP contribution is -2.41. The molecule has 2 nitrogen and oxygen atoms in total. The summed E-state index contributed by atoms with van der Waals surface area (Å²) in [5.74, 6) is 0.907. The van der Waals surface area contributed by atoms with Crippen LogP contribution >= 0.6 is 0 Å². The molecule has 0 aromatic heterocycles. The number of rotatable bonds is 3. The molecule has 100 valence electrons. The van der Waals surface area contributed by atoms with E-state index in [1.807, 2.05) is 6.07 Å². The van der Waals surface area contributed by atoms with E-state index in [1.165, 1.54) is 17.5 Å². The van der Waals surface area contributed by atoms with Crippen LogP contribution in [-0.4, -0.2) is 18.8 Å². The van der Waals surface area contributed by atoms with E-state index >= 15 is 0 Å². The molecule has 1 aliphatic carbocycles. The summed E-state index contributed by atoms with van der Waals surface area (Å²) in [6.45, 7) is 6.81. The van der Waals surface area contributed by atoms with E-state index in [9.17, 15) is 5.11 Å². The minimum Gasteiger partial charge on any atom is -0.496 e. The van der Waals surface area contributed by atoms with E-state index in [1.54, 1.807) is 7.11 Å². The Balaban J connectivity index is 2.61. The molecule has 0 spiro atoms. The van der Waals surface area contributed by atoms with Crippen LogP contribution in [0.1, 0.15) is 44.2 Å². The molecule has 1 aromatic rings. The Hall–Kier alpha value is -1.02. The molecule has 1 atom stereocenters. The molecule has 1 unspecified atom stereocenters. The summed E-state index contributed by atoms with van der Waals surface area (Å²) >= 11 is 0. The van der Waals surface area contributed by atoms with Crippen LogP contribution in [-0.2, 0) is 5.41 Å². The third kappa shape index (κ3) is 1.83. The lowest BCUT2D eigenvalue weighted by atomic mass is 9.64. The zero-order chi connectivity index (χ0) is 13.4. The Morgan fingerprint density at radius 2 is 2.00 bits per heavy atom. The van der Waals surface area contributed by atoms with Gasteiger partial charge in [0, 0.05) is 11.0 Å². The summed E-state index contributed by atoms with van der Waals surface area (Å²) in [6.07, 6.45) is 3.37. The summed E-state index contributed by atoms with van der Waals surface area (Å²) in [7, 11) is 1.71. The van der Waals surface area contributed by atoms with Crippen molar-refractivity contribution in [1.82, 2.24) is 0 Å². The first kappa shape index (κ1) is 13.4. The second-order valence-corrected chi connectivity index (χ2v) is 6.18. The van der Waals surface area contributed by atoms with Crippen molar-refractivity contribution in [3.8, 4) is 5.75 Å². The maximum absolute atomic E-state index is 10.1. The van der Waals surface area contributed by atoms with Crippen LogP contribution in [0.25, 0.3) is 0 Å². The lowest BCUT2D eigenvalue weighted by molar-refractivity contribution is 0.102. The van der Waals surface area contributed by atoms with Gasteiger partial charge >= 0.3 is 0 Å². The van der Waals surface area contributed by atoms with Gasteiger partial charge in [-0.05, 0) is 31.2 Å². The predicted molar refractivity (Wildman–Crippen MR) is 74.1 cm³/mol. The van der Waals surface area contributed by atoms with E-state index < -0.39 is 0 Å². The number of hydrogen-bond donors (Lipinski definition) is 1. The first-order valence-corrected chi connectivity index (χ1v) is 6.73. The van der Waals surface area contributed by atoms with Crippen molar-refractivity contribution >= 4 is 0 Å². The first-order valence-electron chi connectivity index (χ1n) is 6.73. The third-order valence-corrected chi connectivity index (χ3v) is 4.84. The van der Waals surface area contributed by atoms with E-state index in [0.29, 0.717) is 0 Å². The highest BCUT2D eigenvalue weighted by Gasteiger charge is 2.50. The van der Waals surface area contributed by atoms with Crippen molar-refractivity contribution in [3.63, 3.8) is 0 Å². The molecular formula is C16H24O2. The van der Waals surface area contributed by atoms with E-state index in [-0.39, 0.29) is 17.4 Å². The highest BCUT2D eigenvalue weighted by Crippen LogP contribution is 2.55. The maximum Gasteiger partial charge on any atom is 0.122 e. The summed E-state index contributed by atoms with van der Waals surface area (Å²) in [6, 6.07) is 6.27. The zero-order valence-electron chi connectivity index (χ0n) is 11.9. The summed E-state index contributed by atoms with van der Waals surface area (Å²) < 4.78 is 5.52. The number of methoxy groups -OCH3 is 1. The lowest BCUT2D eigenvalue weighted by Gasteiger charge is -2.41. The molecule has 1 aromatic carbocycles. The van der Waals surface area contributed by atoms with Gasteiger partial charge in [0.05, 0.1) is 13.7 Å². The monoisotopic (exact) mass is 248 g/mol. The van der Waals surface area contributed by atoms with Gasteiger partial charge in [0.2, 0.25) is 0 Å². The SMILES string of the molecule is COc1ccc(C)cc1C1(CO)CCCC1(C)C. The second-order valence-electron chi connectivity index (χ2n) is 6.18. The van der Waals surface area contributed by atoms with Crippen molar-refractivity contribution in [2.75, 3.05) is 13.7 Å². The van der Waals surface area contributed by atoms with Gasteiger partial charge in [-0.15, -0.1) is 0 Å². The van der Waals surface area contributed by atoms with Crippen LogP contribution in [0.15, 0.2) is 18.2 Å². The van der Waals surface area contributed by atoms with Gasteiger partial charge in [0.1, 0.15) is 5.75 Å². The largest absolute Gasteiger partial charge is 0.496 e. The molecule has 1 fully saturated rings. The number of hydrogen-bond acceptors (Lipinski definition) is 2. The van der Waals surface area contributed by atoms with Crippen LogP contribution in [0.2, 0.25) is 0 Å². The van der Waals surface area contributed by atoms with Crippen molar-refractivity contribution in [1.29, 1.82) is 0 Å². The molecule has 0 amide bonds. The third-order valence-electron chi connectivity index (χ3n) is 4.84. The van der Waals surface area contributed by atoms with Gasteiger partial charge in [0.15, 0.2) is 0 Å². The molecule has 0 bridgehead atoms. The second kappa shape index (κ2) is 4.58. The van der Waals surface area contributed by atoms with Crippen LogP contribution in [0.5, 0.6) is 5.75 Å². The Bertz CT molecular complexity index is 437. The Labute approximate surface area is 110 Å². The van der Waals surface area contributed by atoms with Crippen molar-refractivity contribution < 1.29 is 9.84 Å². The van der Waals surface area contributed by atoms with Crippen molar-refractivity contribution in [2.24, 2.45) is 5.41 Å². The fourth-order valence-corrected chi connectivity index (χ4v) is 3.48. The first-order chi connectivity index (χ1) is 8.47. The number of benzene rings is 1. The number of ether oxygens (including phenoxy) is 1. The molecule has 0 heterocycles. The molecular weight excluding hydrogens is 224 g/mol. The van der Waals surface area contributed by atoms with Crippen LogP contribution < -0.4 is 4.74 Å². The Morgan fingerprint density at radius 3 is 2.50 bits per heavy atom. The average molecular weight is 248 g/mol. The van der Waals surface area contributed by atoms with Crippen molar-refractivity contribution in [3.05, 3.63) is 29.3 Å². The topological polar surface area (TPSA) is 29.5 Å². The van der Waals surface area contributed by atoms with Gasteiger partial charge < -0.3 is 9.84 Å². The molecule has 2 rings (SSSR count). The summed E-state index contributed by atoms with van der Waals surface area (Å²) in [5.41, 5.74) is 2.35. The maximum atomic E-state index is 10.1. The zero-order valence-corrected chi connectivity index (χ0v) is 11.9. The van der Waals surface area contributed by atoms with Crippen LogP contribution in [0.3, 0.4) is 0 Å². The molecule has 2 heteroatoms. The average Bonchev–Trinajstić information content (AvgIpc) is 2.65. The molecule has 0 aliphatic heterocycles. The van der Waals surface area contributed by atoms with Gasteiger partial charge in [-0.3, -0.25) is 0 Å². The van der Waals surface area contributed by atoms with Gasteiger partial charge in [-0.25, -0.2) is 0 Å². The highest BCUT2D eigenvalue weighted by atomic mass is 16.5. The fraction of sp³-hybridized carbons (Fsp3) is 0.625. The molecule has 0 saturated heterocycles. The number of aryl methyl sites for hydroxylation is 1. The molecule has 0 radical (unpaired) electrons. The quantitative estimate of drug-likeness (QED) is 0.888. The van der Waals surface area contributed by atoms with Crippen molar-refractivity contribution in [2.45, 2.75) is 45.4 Å². The predicted octanol–water partition coefficient (Wildman–Crippen LogP) is 3.44. The molecule has 1 N–H and O–H groups in total. The molecule has 1 saturated carbocycles. The van der Waals surface area contributed by atoms with E-state index in [0.717, 1.165) is 18.6 Å².